The molecule has 0 bridgehead atoms. The molecule has 0 aromatic rings. The van der Waals surface area contributed by atoms with Crippen LogP contribution >= 0.6 is 0 Å². The number of piperidine rings is 1. The minimum Gasteiger partial charge on any atom is -0.465 e. The van der Waals surface area contributed by atoms with Crippen molar-refractivity contribution in [2.24, 2.45) is 0 Å². The number of amides is 1. The van der Waals surface area contributed by atoms with Crippen LogP contribution in [-0.4, -0.2) is 40.3 Å². The molecule has 4 heteroatoms. The Bertz CT molecular complexity index is 235. The van der Waals surface area contributed by atoms with E-state index in [1.165, 1.54) is 0 Å². The molecule has 0 saturated carbocycles. The summed E-state index contributed by atoms with van der Waals surface area (Å²) >= 11 is 0. The van der Waals surface area contributed by atoms with Crippen molar-refractivity contribution in [2.75, 3.05) is 6.54 Å². The van der Waals surface area contributed by atoms with Gasteiger partial charge in [0.05, 0.1) is 0 Å². The maximum atomic E-state index is 10.6. The van der Waals surface area contributed by atoms with Gasteiger partial charge >= 0.3 is 6.09 Å². The van der Waals surface area contributed by atoms with Crippen molar-refractivity contribution in [3.8, 4) is 0 Å². The van der Waals surface area contributed by atoms with Gasteiger partial charge in [-0.05, 0) is 40.5 Å². The minimum absolute atomic E-state index is 0.0814. The molecule has 88 valence electrons. The van der Waals surface area contributed by atoms with Crippen LogP contribution in [0.25, 0.3) is 0 Å². The molecule has 15 heavy (non-hydrogen) atoms. The molecule has 1 heterocycles. The van der Waals surface area contributed by atoms with E-state index in [0.717, 1.165) is 19.4 Å². The van der Waals surface area contributed by atoms with Crippen LogP contribution in [0.15, 0.2) is 0 Å². The topological polar surface area (TPSA) is 52.6 Å². The fraction of sp³-hybridized carbons (Fsp3) is 0.909. The molecule has 0 radical (unpaired) electrons. The van der Waals surface area contributed by atoms with E-state index in [1.54, 1.807) is 0 Å². The summed E-state index contributed by atoms with van der Waals surface area (Å²) in [6.07, 6.45) is 1.09. The number of nitrogens with zero attached hydrogens (tertiary/aromatic N) is 1. The fourth-order valence-electron chi connectivity index (χ4n) is 2.33. The van der Waals surface area contributed by atoms with E-state index in [0.29, 0.717) is 6.04 Å². The molecule has 0 aromatic carbocycles. The number of rotatable bonds is 1. The molecule has 0 spiro atoms. The lowest BCUT2D eigenvalue weighted by Crippen LogP contribution is -2.57. The van der Waals surface area contributed by atoms with Crippen LogP contribution in [-0.2, 0) is 0 Å². The Balaban J connectivity index is 2.60. The molecule has 1 rings (SSSR count). The molecule has 1 aliphatic heterocycles. The molecule has 2 N–H and O–H groups in total. The number of hydrogen-bond donors (Lipinski definition) is 2. The van der Waals surface area contributed by atoms with Crippen molar-refractivity contribution < 1.29 is 9.90 Å². The fourth-order valence-corrected chi connectivity index (χ4v) is 2.33. The average molecular weight is 214 g/mol. The van der Waals surface area contributed by atoms with Gasteiger partial charge in [0.2, 0.25) is 0 Å². The van der Waals surface area contributed by atoms with Crippen molar-refractivity contribution in [3.05, 3.63) is 0 Å². The number of carboxylic acid groups (broad SMARTS) is 1. The second kappa shape index (κ2) is 4.39. The number of carbonyl (C=O) groups is 1. The quantitative estimate of drug-likeness (QED) is 0.701. The number of likely N-dealkylation sites (tertiary alicyclic amines) is 1. The summed E-state index contributed by atoms with van der Waals surface area (Å²) in [5, 5.41) is 11.3. The molecule has 2 unspecified atom stereocenters. The van der Waals surface area contributed by atoms with Gasteiger partial charge in [-0.2, -0.15) is 0 Å². The molecule has 0 aliphatic carbocycles. The average Bonchev–Trinajstić information content (AvgIpc) is 2.05. The highest BCUT2D eigenvalue weighted by Crippen LogP contribution is 2.25. The van der Waals surface area contributed by atoms with Crippen molar-refractivity contribution in [1.29, 1.82) is 0 Å². The zero-order valence-corrected chi connectivity index (χ0v) is 10.1. The summed E-state index contributed by atoms with van der Waals surface area (Å²) < 4.78 is 0. The molecular formula is C11H22N2O2. The predicted molar refractivity (Wildman–Crippen MR) is 60.1 cm³/mol. The Morgan fingerprint density at radius 2 is 2.00 bits per heavy atom. The molecular weight excluding hydrogens is 192 g/mol. The zero-order valence-electron chi connectivity index (χ0n) is 10.1. The first kappa shape index (κ1) is 12.3. The van der Waals surface area contributed by atoms with Crippen molar-refractivity contribution in [2.45, 2.75) is 58.2 Å². The standard InChI is InChI=1S/C11H22N2O2/c1-8-5-6-9(12-10(14)15)7-13(8)11(2,3)4/h8-9,12H,5-7H2,1-4H3,(H,14,15). The van der Waals surface area contributed by atoms with E-state index in [2.05, 4.69) is 37.9 Å². The highest BCUT2D eigenvalue weighted by molar-refractivity contribution is 5.64. The van der Waals surface area contributed by atoms with E-state index in [9.17, 15) is 4.79 Å². The predicted octanol–water partition coefficient (Wildman–Crippen LogP) is 1.91. The first-order chi connectivity index (χ1) is 6.80. The van der Waals surface area contributed by atoms with Crippen LogP contribution in [0.5, 0.6) is 0 Å². The van der Waals surface area contributed by atoms with Crippen LogP contribution in [0.3, 0.4) is 0 Å². The van der Waals surface area contributed by atoms with E-state index in [-0.39, 0.29) is 11.6 Å². The van der Waals surface area contributed by atoms with Gasteiger partial charge in [-0.15, -0.1) is 0 Å². The Labute approximate surface area is 91.6 Å². The molecule has 4 nitrogen and oxygen atoms in total. The first-order valence-electron chi connectivity index (χ1n) is 5.57. The number of nitrogens with one attached hydrogen (secondary N) is 1. The van der Waals surface area contributed by atoms with Crippen LogP contribution in [0.2, 0.25) is 0 Å². The Morgan fingerprint density at radius 1 is 1.40 bits per heavy atom. The Kier molecular flexibility index (Phi) is 3.60. The highest BCUT2D eigenvalue weighted by atomic mass is 16.4. The molecule has 2 atom stereocenters. The Hall–Kier alpha value is -0.770. The zero-order chi connectivity index (χ0) is 11.6. The normalized spacial score (nSPS) is 28.8. The highest BCUT2D eigenvalue weighted by Gasteiger charge is 2.32. The van der Waals surface area contributed by atoms with Gasteiger partial charge < -0.3 is 10.4 Å². The molecule has 0 aromatic heterocycles. The lowest BCUT2D eigenvalue weighted by Gasteiger charge is -2.45. The van der Waals surface area contributed by atoms with Gasteiger partial charge in [-0.3, -0.25) is 4.90 Å². The summed E-state index contributed by atoms with van der Waals surface area (Å²) in [5.41, 5.74) is 0.109. The van der Waals surface area contributed by atoms with Gasteiger partial charge in [-0.25, -0.2) is 4.79 Å². The van der Waals surface area contributed by atoms with E-state index in [4.69, 9.17) is 5.11 Å². The van der Waals surface area contributed by atoms with E-state index < -0.39 is 6.09 Å². The summed E-state index contributed by atoms with van der Waals surface area (Å²) in [6, 6.07) is 0.620. The van der Waals surface area contributed by atoms with Crippen molar-refractivity contribution in [3.63, 3.8) is 0 Å². The van der Waals surface area contributed by atoms with Crippen LogP contribution in [0.4, 0.5) is 4.79 Å². The number of hydrogen-bond acceptors (Lipinski definition) is 2. The lowest BCUT2D eigenvalue weighted by molar-refractivity contribution is 0.0443. The van der Waals surface area contributed by atoms with Crippen LogP contribution in [0.1, 0.15) is 40.5 Å². The van der Waals surface area contributed by atoms with Crippen LogP contribution < -0.4 is 5.32 Å². The minimum atomic E-state index is -0.914. The van der Waals surface area contributed by atoms with Gasteiger partial charge in [0.25, 0.3) is 0 Å². The second-order valence-electron chi connectivity index (χ2n) is 5.40. The van der Waals surface area contributed by atoms with E-state index >= 15 is 0 Å². The summed E-state index contributed by atoms with van der Waals surface area (Å²) in [6.45, 7) is 9.55. The summed E-state index contributed by atoms with van der Waals surface area (Å²) in [7, 11) is 0. The molecule has 1 aliphatic rings. The second-order valence-corrected chi connectivity index (χ2v) is 5.40. The molecule has 1 fully saturated rings. The molecule has 1 saturated heterocycles. The SMILES string of the molecule is CC1CCC(NC(=O)O)CN1C(C)(C)C. The van der Waals surface area contributed by atoms with Crippen molar-refractivity contribution in [1.82, 2.24) is 10.2 Å². The molecule has 1 amide bonds. The van der Waals surface area contributed by atoms with Gasteiger partial charge in [0, 0.05) is 24.2 Å². The first-order valence-corrected chi connectivity index (χ1v) is 5.57. The maximum absolute atomic E-state index is 10.6. The summed E-state index contributed by atoms with van der Waals surface area (Å²) in [5.74, 6) is 0. The lowest BCUT2D eigenvalue weighted by atomic mass is 9.93. The largest absolute Gasteiger partial charge is 0.465 e. The van der Waals surface area contributed by atoms with E-state index in [1.807, 2.05) is 0 Å². The monoisotopic (exact) mass is 214 g/mol. The maximum Gasteiger partial charge on any atom is 0.404 e. The Morgan fingerprint density at radius 3 is 2.47 bits per heavy atom. The van der Waals surface area contributed by atoms with Gasteiger partial charge in [0.15, 0.2) is 0 Å². The third-order valence-corrected chi connectivity index (χ3v) is 3.07. The van der Waals surface area contributed by atoms with Crippen LogP contribution in [0, 0.1) is 0 Å². The van der Waals surface area contributed by atoms with Gasteiger partial charge in [-0.1, -0.05) is 0 Å². The van der Waals surface area contributed by atoms with Gasteiger partial charge in [0.1, 0.15) is 0 Å². The summed E-state index contributed by atoms with van der Waals surface area (Å²) in [4.78, 5) is 12.9. The smallest absolute Gasteiger partial charge is 0.404 e. The van der Waals surface area contributed by atoms with Crippen molar-refractivity contribution >= 4 is 6.09 Å². The third-order valence-electron chi connectivity index (χ3n) is 3.07. The third kappa shape index (κ3) is 3.38.